The molecule has 0 fully saturated rings. The summed E-state index contributed by atoms with van der Waals surface area (Å²) < 4.78 is 10.9. The van der Waals surface area contributed by atoms with E-state index in [1.165, 1.54) is 6.92 Å². The molecule has 11 heavy (non-hydrogen) atoms. The first-order valence-electron chi connectivity index (χ1n) is 3.20. The van der Waals surface area contributed by atoms with Crippen molar-refractivity contribution in [1.29, 1.82) is 0 Å². The van der Waals surface area contributed by atoms with Crippen LogP contribution in [-0.4, -0.2) is 28.6 Å². The molecule has 0 amide bonds. The van der Waals surface area contributed by atoms with Crippen molar-refractivity contribution < 1.29 is 14.6 Å². The lowest BCUT2D eigenvalue weighted by Gasteiger charge is -2.12. The van der Waals surface area contributed by atoms with Crippen LogP contribution in [-0.2, 0) is 4.57 Å². The molecule has 4 nitrogen and oxygen atoms in total. The van der Waals surface area contributed by atoms with Crippen molar-refractivity contribution in [3.63, 3.8) is 0 Å². The molecule has 0 saturated heterocycles. The highest BCUT2D eigenvalue weighted by Crippen LogP contribution is 2.44. The van der Waals surface area contributed by atoms with Gasteiger partial charge in [0.2, 0.25) is 7.37 Å². The maximum atomic E-state index is 10.9. The monoisotopic (exact) mass is 203 g/mol. The Bertz CT molecular complexity index is 142. The Morgan fingerprint density at radius 1 is 1.64 bits per heavy atom. The lowest BCUT2D eigenvalue weighted by Crippen LogP contribution is -2.08. The van der Waals surface area contributed by atoms with Crippen LogP contribution in [0.2, 0.25) is 0 Å². The molecule has 0 spiro atoms. The van der Waals surface area contributed by atoms with Gasteiger partial charge in [-0.15, -0.1) is 12.4 Å². The van der Waals surface area contributed by atoms with Gasteiger partial charge in [-0.05, 0) is 19.9 Å². The second-order valence-electron chi connectivity index (χ2n) is 2.25. The van der Waals surface area contributed by atoms with E-state index in [4.69, 9.17) is 15.7 Å². The van der Waals surface area contributed by atoms with Gasteiger partial charge in [0, 0.05) is 6.16 Å². The third-order valence-electron chi connectivity index (χ3n) is 1.27. The molecule has 0 aliphatic carbocycles. The summed E-state index contributed by atoms with van der Waals surface area (Å²) >= 11 is 0. The van der Waals surface area contributed by atoms with Gasteiger partial charge in [-0.25, -0.2) is 0 Å². The van der Waals surface area contributed by atoms with Crippen molar-refractivity contribution in [3.05, 3.63) is 0 Å². The summed E-state index contributed by atoms with van der Waals surface area (Å²) in [4.78, 5) is 8.97. The van der Waals surface area contributed by atoms with E-state index in [1.54, 1.807) is 0 Å². The molecule has 2 atom stereocenters. The summed E-state index contributed by atoms with van der Waals surface area (Å²) in [5, 5.41) is 8.75. The number of aliphatic hydroxyl groups excluding tert-OH is 1. The Morgan fingerprint density at radius 2 is 2.09 bits per heavy atom. The zero-order chi connectivity index (χ0) is 8.20. The van der Waals surface area contributed by atoms with E-state index >= 15 is 0 Å². The number of aliphatic hydroxyl groups is 1. The largest absolute Gasteiger partial charge is 0.383 e. The predicted molar refractivity (Wildman–Crippen MR) is 47.3 cm³/mol. The van der Waals surface area contributed by atoms with E-state index in [1.807, 2.05) is 0 Å². The summed E-state index contributed by atoms with van der Waals surface area (Å²) in [7, 11) is -3.31. The molecule has 0 aromatic carbocycles. The molecule has 0 aliphatic rings. The smallest absolute Gasteiger partial charge is 0.227 e. The van der Waals surface area contributed by atoms with Gasteiger partial charge >= 0.3 is 0 Å². The fourth-order valence-corrected chi connectivity index (χ4v) is 1.51. The molecule has 2 unspecified atom stereocenters. The standard InChI is InChI=1S/C5H14NO3P.ClH/c1-5(7)10(8,9)4-2-3-6;/h5,7H,2-4,6H2,1H3,(H,8,9);1H. The van der Waals surface area contributed by atoms with Gasteiger partial charge in [0.05, 0.1) is 0 Å². The zero-order valence-corrected chi connectivity index (χ0v) is 8.15. The van der Waals surface area contributed by atoms with Gasteiger partial charge in [0.25, 0.3) is 0 Å². The minimum Gasteiger partial charge on any atom is -0.383 e. The molecule has 0 saturated carbocycles. The van der Waals surface area contributed by atoms with Gasteiger partial charge in [-0.1, -0.05) is 0 Å². The molecule has 4 N–H and O–H groups in total. The van der Waals surface area contributed by atoms with Crippen LogP contribution in [0.25, 0.3) is 0 Å². The van der Waals surface area contributed by atoms with Gasteiger partial charge in [0.1, 0.15) is 5.85 Å². The van der Waals surface area contributed by atoms with E-state index in [2.05, 4.69) is 0 Å². The fraction of sp³-hybridized carbons (Fsp3) is 1.00. The number of halogens is 1. The van der Waals surface area contributed by atoms with Gasteiger partial charge in [0.15, 0.2) is 0 Å². The van der Waals surface area contributed by atoms with Crippen molar-refractivity contribution >= 4 is 19.8 Å². The summed E-state index contributed by atoms with van der Waals surface area (Å²) in [5.74, 6) is -1.13. The average Bonchev–Trinajstić information content (AvgIpc) is 1.84. The third kappa shape index (κ3) is 5.65. The molecule has 0 radical (unpaired) electrons. The molecular formula is C5H15ClNO3P. The molecule has 70 valence electrons. The lowest BCUT2D eigenvalue weighted by molar-refractivity contribution is 0.248. The molecule has 0 aromatic rings. The second kappa shape index (κ2) is 5.98. The minimum atomic E-state index is -3.31. The maximum Gasteiger partial charge on any atom is 0.227 e. The zero-order valence-electron chi connectivity index (χ0n) is 6.43. The third-order valence-corrected chi connectivity index (χ3v) is 3.39. The van der Waals surface area contributed by atoms with Crippen LogP contribution in [0, 0.1) is 0 Å². The SMILES string of the molecule is CC(O)P(=O)(O)CCCN.Cl. The first-order chi connectivity index (χ1) is 4.50. The Balaban J connectivity index is 0. The van der Waals surface area contributed by atoms with E-state index < -0.39 is 13.2 Å². The second-order valence-corrected chi connectivity index (χ2v) is 4.96. The quantitative estimate of drug-likeness (QED) is 0.577. The van der Waals surface area contributed by atoms with Gasteiger partial charge in [-0.3, -0.25) is 4.57 Å². The predicted octanol–water partition coefficient (Wildman–Crippen LogP) is 0.366. The topological polar surface area (TPSA) is 83.5 Å². The van der Waals surface area contributed by atoms with Crippen molar-refractivity contribution in [2.24, 2.45) is 5.73 Å². The first kappa shape index (κ1) is 14.0. The molecule has 0 bridgehead atoms. The summed E-state index contributed by atoms with van der Waals surface area (Å²) in [6, 6.07) is 0. The molecule has 6 heteroatoms. The molecule has 0 aliphatic heterocycles. The minimum absolute atomic E-state index is 0. The van der Waals surface area contributed by atoms with Gasteiger partial charge in [-0.2, -0.15) is 0 Å². The Morgan fingerprint density at radius 3 is 2.36 bits per heavy atom. The highest BCUT2D eigenvalue weighted by Gasteiger charge is 2.23. The average molecular weight is 204 g/mol. The van der Waals surface area contributed by atoms with Crippen LogP contribution < -0.4 is 5.73 Å². The highest BCUT2D eigenvalue weighted by atomic mass is 35.5. The Labute approximate surface area is 72.7 Å². The first-order valence-corrected chi connectivity index (χ1v) is 5.11. The number of hydrogen-bond acceptors (Lipinski definition) is 3. The number of hydrogen-bond donors (Lipinski definition) is 3. The van der Waals surface area contributed by atoms with Gasteiger partial charge < -0.3 is 15.7 Å². The lowest BCUT2D eigenvalue weighted by atomic mass is 10.5. The normalized spacial score (nSPS) is 18.2. The van der Waals surface area contributed by atoms with Crippen LogP contribution in [0.15, 0.2) is 0 Å². The van der Waals surface area contributed by atoms with Crippen LogP contribution in [0.4, 0.5) is 0 Å². The fourth-order valence-electron chi connectivity index (χ4n) is 0.505. The van der Waals surface area contributed by atoms with E-state index in [0.29, 0.717) is 13.0 Å². The number of rotatable bonds is 4. The Hall–Kier alpha value is 0.400. The molecule has 0 aromatic heterocycles. The van der Waals surface area contributed by atoms with E-state index in [0.717, 1.165) is 0 Å². The molecule has 0 heterocycles. The summed E-state index contributed by atoms with van der Waals surface area (Å²) in [6.07, 6.45) is 0.597. The van der Waals surface area contributed by atoms with Crippen molar-refractivity contribution in [2.75, 3.05) is 12.7 Å². The van der Waals surface area contributed by atoms with Crippen molar-refractivity contribution in [3.8, 4) is 0 Å². The van der Waals surface area contributed by atoms with Crippen LogP contribution in [0.3, 0.4) is 0 Å². The van der Waals surface area contributed by atoms with E-state index in [9.17, 15) is 4.57 Å². The van der Waals surface area contributed by atoms with Crippen LogP contribution in [0.1, 0.15) is 13.3 Å². The van der Waals surface area contributed by atoms with Crippen LogP contribution >= 0.6 is 19.8 Å². The number of nitrogens with two attached hydrogens (primary N) is 1. The summed E-state index contributed by atoms with van der Waals surface area (Å²) in [5.41, 5.74) is 5.12. The molecular weight excluding hydrogens is 188 g/mol. The van der Waals surface area contributed by atoms with Crippen molar-refractivity contribution in [1.82, 2.24) is 0 Å². The highest BCUT2D eigenvalue weighted by molar-refractivity contribution is 7.58. The van der Waals surface area contributed by atoms with Crippen LogP contribution in [0.5, 0.6) is 0 Å². The maximum absolute atomic E-state index is 10.9. The Kier molecular flexibility index (Phi) is 7.58. The van der Waals surface area contributed by atoms with E-state index in [-0.39, 0.29) is 18.6 Å². The van der Waals surface area contributed by atoms with Crippen molar-refractivity contribution in [2.45, 2.75) is 19.2 Å². The molecule has 0 rings (SSSR count). The summed E-state index contributed by atoms with van der Waals surface area (Å²) in [6.45, 7) is 1.70.